The van der Waals surface area contributed by atoms with E-state index in [2.05, 4.69) is 87.6 Å². The Bertz CT molecular complexity index is 1400. The Labute approximate surface area is 174 Å². The van der Waals surface area contributed by atoms with Gasteiger partial charge >= 0.3 is 0 Å². The highest BCUT2D eigenvalue weighted by atomic mass is 15.5. The van der Waals surface area contributed by atoms with Gasteiger partial charge in [-0.15, -0.1) is 5.10 Å². The molecule has 6 rings (SSSR count). The number of para-hydroxylation sites is 1. The zero-order valence-electron chi connectivity index (χ0n) is 16.6. The van der Waals surface area contributed by atoms with Gasteiger partial charge in [-0.25, -0.2) is 0 Å². The van der Waals surface area contributed by atoms with E-state index in [1.165, 1.54) is 33.1 Å². The fraction of sp³-hybridized carbons (Fsp3) is 0.115. The van der Waals surface area contributed by atoms with Crippen molar-refractivity contribution in [2.24, 2.45) is 0 Å². The Morgan fingerprint density at radius 1 is 0.833 bits per heavy atom. The molecule has 5 aromatic rings. The van der Waals surface area contributed by atoms with Crippen molar-refractivity contribution in [2.45, 2.75) is 19.4 Å². The summed E-state index contributed by atoms with van der Waals surface area (Å²) >= 11 is 0. The van der Waals surface area contributed by atoms with E-state index >= 15 is 0 Å². The summed E-state index contributed by atoms with van der Waals surface area (Å²) in [6, 6.07) is 25.7. The highest BCUT2D eigenvalue weighted by Gasteiger charge is 2.14. The SMILES string of the molecule is C1=CC(n2c3ccccc3c3ccc(Cn4nc(-c5ccccc5)[nH]4)cc32)=CCC1. The van der Waals surface area contributed by atoms with E-state index in [0.29, 0.717) is 0 Å². The molecule has 146 valence electrons. The molecule has 2 aromatic heterocycles. The van der Waals surface area contributed by atoms with E-state index in [-0.39, 0.29) is 0 Å². The molecule has 1 N–H and O–H groups in total. The monoisotopic (exact) mass is 390 g/mol. The molecule has 0 saturated carbocycles. The molecular weight excluding hydrogens is 368 g/mol. The molecule has 0 radical (unpaired) electrons. The van der Waals surface area contributed by atoms with E-state index < -0.39 is 0 Å². The van der Waals surface area contributed by atoms with E-state index in [9.17, 15) is 0 Å². The Hall–Kier alpha value is -3.79. The van der Waals surface area contributed by atoms with Gasteiger partial charge in [0.05, 0.1) is 17.6 Å². The molecule has 0 atom stereocenters. The number of hydrogen-bond acceptors (Lipinski definition) is 1. The van der Waals surface area contributed by atoms with Gasteiger partial charge in [-0.3, -0.25) is 5.10 Å². The third kappa shape index (κ3) is 2.80. The van der Waals surface area contributed by atoms with Crippen molar-refractivity contribution < 1.29 is 0 Å². The van der Waals surface area contributed by atoms with Crippen molar-refractivity contribution in [2.75, 3.05) is 0 Å². The van der Waals surface area contributed by atoms with Crippen LogP contribution in [0.5, 0.6) is 0 Å². The summed E-state index contributed by atoms with van der Waals surface area (Å²) < 4.78 is 2.39. The molecule has 1 aliphatic rings. The number of aromatic amines is 1. The van der Waals surface area contributed by atoms with Gasteiger partial charge in [-0.05, 0) is 36.6 Å². The van der Waals surface area contributed by atoms with Crippen LogP contribution >= 0.6 is 0 Å². The molecule has 0 bridgehead atoms. The normalized spacial score (nSPS) is 13.9. The quantitative estimate of drug-likeness (QED) is 0.388. The van der Waals surface area contributed by atoms with Gasteiger partial charge in [-0.2, -0.15) is 4.80 Å². The molecule has 1 aliphatic carbocycles. The van der Waals surface area contributed by atoms with Crippen molar-refractivity contribution in [3.63, 3.8) is 0 Å². The fourth-order valence-corrected chi connectivity index (χ4v) is 4.37. The number of fused-ring (bicyclic) bond motifs is 3. The Morgan fingerprint density at radius 2 is 1.63 bits per heavy atom. The summed E-state index contributed by atoms with van der Waals surface area (Å²) in [6.45, 7) is 0.725. The predicted molar refractivity (Wildman–Crippen MR) is 123 cm³/mol. The van der Waals surface area contributed by atoms with Gasteiger partial charge < -0.3 is 4.57 Å². The van der Waals surface area contributed by atoms with Crippen LogP contribution in [0.1, 0.15) is 18.4 Å². The number of H-pyrrole nitrogens is 1. The maximum atomic E-state index is 4.63. The van der Waals surface area contributed by atoms with E-state index in [4.69, 9.17) is 0 Å². The first kappa shape index (κ1) is 17.1. The molecule has 30 heavy (non-hydrogen) atoms. The Morgan fingerprint density at radius 3 is 2.47 bits per heavy atom. The van der Waals surface area contributed by atoms with Crippen LogP contribution in [0.4, 0.5) is 0 Å². The number of rotatable bonds is 4. The van der Waals surface area contributed by atoms with Crippen molar-refractivity contribution in [3.8, 4) is 11.4 Å². The van der Waals surface area contributed by atoms with Gasteiger partial charge in [0, 0.05) is 22.0 Å². The second kappa shape index (κ2) is 6.92. The third-order valence-electron chi connectivity index (χ3n) is 5.81. The van der Waals surface area contributed by atoms with Crippen molar-refractivity contribution in [1.82, 2.24) is 19.6 Å². The summed E-state index contributed by atoms with van der Waals surface area (Å²) in [5.74, 6) is 0.920. The second-order valence-electron chi connectivity index (χ2n) is 7.80. The minimum atomic E-state index is 0.725. The predicted octanol–water partition coefficient (Wildman–Crippen LogP) is 6.23. The second-order valence-corrected chi connectivity index (χ2v) is 7.80. The average Bonchev–Trinajstić information content (AvgIpc) is 3.11. The van der Waals surface area contributed by atoms with Crippen LogP contribution in [0.3, 0.4) is 0 Å². The molecule has 0 fully saturated rings. The lowest BCUT2D eigenvalue weighted by Gasteiger charge is -2.15. The van der Waals surface area contributed by atoms with E-state index in [0.717, 1.165) is 30.8 Å². The summed E-state index contributed by atoms with van der Waals surface area (Å²) in [5.41, 5.74) is 6.11. The van der Waals surface area contributed by atoms with Crippen molar-refractivity contribution in [1.29, 1.82) is 0 Å². The molecule has 0 spiro atoms. The molecule has 4 heteroatoms. The average molecular weight is 390 g/mol. The molecule has 0 aliphatic heterocycles. The van der Waals surface area contributed by atoms with Crippen LogP contribution in [0, 0.1) is 0 Å². The number of allylic oxidation sites excluding steroid dienone is 4. The minimum Gasteiger partial charge on any atom is -0.310 e. The first-order valence-corrected chi connectivity index (χ1v) is 10.4. The third-order valence-corrected chi connectivity index (χ3v) is 5.81. The first-order valence-electron chi connectivity index (χ1n) is 10.4. The molecule has 0 saturated heterocycles. The topological polar surface area (TPSA) is 38.5 Å². The van der Waals surface area contributed by atoms with Gasteiger partial charge in [0.2, 0.25) is 0 Å². The largest absolute Gasteiger partial charge is 0.310 e. The minimum absolute atomic E-state index is 0.725. The maximum Gasteiger partial charge on any atom is 0.175 e. The lowest BCUT2D eigenvalue weighted by molar-refractivity contribution is 0.509. The summed E-state index contributed by atoms with van der Waals surface area (Å²) in [7, 11) is 0. The Balaban J connectivity index is 1.41. The number of benzene rings is 3. The molecule has 0 amide bonds. The smallest absolute Gasteiger partial charge is 0.175 e. The van der Waals surface area contributed by atoms with Gasteiger partial charge in [-0.1, -0.05) is 72.8 Å². The highest BCUT2D eigenvalue weighted by molar-refractivity contribution is 6.10. The van der Waals surface area contributed by atoms with Crippen LogP contribution in [0.25, 0.3) is 38.9 Å². The van der Waals surface area contributed by atoms with Crippen LogP contribution in [-0.2, 0) is 6.54 Å². The maximum absolute atomic E-state index is 4.63. The first-order chi connectivity index (χ1) is 14.9. The molecule has 3 aromatic carbocycles. The number of nitrogens with one attached hydrogen (secondary N) is 1. The summed E-state index contributed by atoms with van der Waals surface area (Å²) in [4.78, 5) is 1.90. The number of nitrogens with zero attached hydrogens (tertiary/aromatic N) is 3. The lowest BCUT2D eigenvalue weighted by atomic mass is 10.1. The van der Waals surface area contributed by atoms with Gasteiger partial charge in [0.25, 0.3) is 0 Å². The summed E-state index contributed by atoms with van der Waals surface area (Å²) in [5, 5.41) is 10.6. The van der Waals surface area contributed by atoms with Crippen LogP contribution in [-0.4, -0.2) is 19.6 Å². The standard InChI is InChI=1S/C26H22N4/c1-3-9-20(10-4-1)26-27-29(28-26)18-19-15-16-23-22-13-7-8-14-24(22)30(25(23)17-19)21-11-5-2-6-12-21/h1,3-5,7-17H,2,6,18H2,(H,27,28). The molecular formula is C26H22N4. The molecule has 4 nitrogen and oxygen atoms in total. The highest BCUT2D eigenvalue weighted by Crippen LogP contribution is 2.33. The number of aromatic nitrogens is 4. The molecule has 2 heterocycles. The zero-order chi connectivity index (χ0) is 19.9. The van der Waals surface area contributed by atoms with Gasteiger partial charge in [0.15, 0.2) is 5.82 Å². The Kier molecular flexibility index (Phi) is 3.94. The fourth-order valence-electron chi connectivity index (χ4n) is 4.37. The number of hydrogen-bond donors (Lipinski definition) is 1. The summed E-state index contributed by atoms with van der Waals surface area (Å²) in [6.07, 6.45) is 9.06. The molecule has 0 unspecified atom stereocenters. The lowest BCUT2D eigenvalue weighted by Crippen LogP contribution is -2.17. The van der Waals surface area contributed by atoms with Gasteiger partial charge in [0.1, 0.15) is 0 Å². The van der Waals surface area contributed by atoms with Crippen LogP contribution < -0.4 is 0 Å². The van der Waals surface area contributed by atoms with Crippen LogP contribution in [0.2, 0.25) is 0 Å². The van der Waals surface area contributed by atoms with Crippen LogP contribution in [0.15, 0.2) is 91.0 Å². The zero-order valence-corrected chi connectivity index (χ0v) is 16.6. The van der Waals surface area contributed by atoms with Crippen molar-refractivity contribution in [3.05, 3.63) is 96.6 Å². The van der Waals surface area contributed by atoms with E-state index in [1.807, 2.05) is 23.0 Å². The van der Waals surface area contributed by atoms with Crippen molar-refractivity contribution >= 4 is 27.5 Å². The van der Waals surface area contributed by atoms with E-state index in [1.54, 1.807) is 0 Å².